The molecule has 0 saturated carbocycles. The monoisotopic (exact) mass is 317 g/mol. The molecule has 0 aliphatic heterocycles. The summed E-state index contributed by atoms with van der Waals surface area (Å²) in [4.78, 5) is 24.4. The van der Waals surface area contributed by atoms with E-state index in [9.17, 15) is 9.59 Å². The molecule has 1 amide bonds. The number of nitrogens with zero attached hydrogens (tertiary/aromatic N) is 1. The summed E-state index contributed by atoms with van der Waals surface area (Å²) in [6.07, 6.45) is 0.681. The Morgan fingerprint density at radius 1 is 1.56 bits per heavy atom. The maximum atomic E-state index is 12.3. The van der Waals surface area contributed by atoms with Crippen LogP contribution < -0.4 is 0 Å². The number of amides is 1. The zero-order chi connectivity index (χ0) is 13.9. The average Bonchev–Trinajstić information content (AvgIpc) is 2.63. The highest BCUT2D eigenvalue weighted by atomic mass is 79.9. The number of carboxylic acid groups (broad SMARTS) is 1. The van der Waals surface area contributed by atoms with Gasteiger partial charge in [-0.2, -0.15) is 0 Å². The molecule has 0 bridgehead atoms. The van der Waals surface area contributed by atoms with Crippen LogP contribution in [-0.4, -0.2) is 34.5 Å². The van der Waals surface area contributed by atoms with Gasteiger partial charge in [0.15, 0.2) is 10.4 Å². The third-order valence-electron chi connectivity index (χ3n) is 2.77. The van der Waals surface area contributed by atoms with Crippen molar-refractivity contribution in [2.75, 3.05) is 6.54 Å². The Morgan fingerprint density at radius 2 is 2.17 bits per heavy atom. The van der Waals surface area contributed by atoms with Gasteiger partial charge in [-0.15, -0.1) is 0 Å². The molecule has 1 rings (SSSR count). The van der Waals surface area contributed by atoms with E-state index in [2.05, 4.69) is 15.9 Å². The van der Waals surface area contributed by atoms with E-state index in [4.69, 9.17) is 9.52 Å². The molecular formula is C12H16BrNO4. The highest BCUT2D eigenvalue weighted by molar-refractivity contribution is 9.10. The van der Waals surface area contributed by atoms with Crippen molar-refractivity contribution in [1.29, 1.82) is 0 Å². The lowest BCUT2D eigenvalue weighted by molar-refractivity contribution is -0.138. The lowest BCUT2D eigenvalue weighted by atomic mass is 10.2. The molecule has 0 aromatic carbocycles. The first kappa shape index (κ1) is 14.8. The van der Waals surface area contributed by atoms with E-state index >= 15 is 0 Å². The molecule has 1 unspecified atom stereocenters. The summed E-state index contributed by atoms with van der Waals surface area (Å²) in [5.74, 6) is -1.25. The number of aryl methyl sites for hydroxylation is 1. The molecule has 6 heteroatoms. The fraction of sp³-hybridized carbons (Fsp3) is 0.500. The second-order valence-electron chi connectivity index (χ2n) is 4.15. The standard InChI is InChI=1S/C12H16BrNO4/c1-4-8(3)14(6-10(15)16)12(17)11-7(2)5-9(13)18-11/h5,8H,4,6H2,1-3H3,(H,15,16). The summed E-state index contributed by atoms with van der Waals surface area (Å²) in [5, 5.41) is 8.86. The van der Waals surface area contributed by atoms with Gasteiger partial charge in [-0.05, 0) is 42.3 Å². The van der Waals surface area contributed by atoms with Gasteiger partial charge in [0.25, 0.3) is 5.91 Å². The number of hydrogen-bond acceptors (Lipinski definition) is 3. The average molecular weight is 318 g/mol. The van der Waals surface area contributed by atoms with Gasteiger partial charge < -0.3 is 14.4 Å². The number of halogens is 1. The molecule has 0 fully saturated rings. The van der Waals surface area contributed by atoms with E-state index < -0.39 is 11.9 Å². The van der Waals surface area contributed by atoms with Crippen LogP contribution in [0.15, 0.2) is 15.2 Å². The van der Waals surface area contributed by atoms with Gasteiger partial charge in [-0.3, -0.25) is 9.59 Å². The third kappa shape index (κ3) is 3.35. The summed E-state index contributed by atoms with van der Waals surface area (Å²) in [5.41, 5.74) is 0.686. The number of hydrogen-bond donors (Lipinski definition) is 1. The Morgan fingerprint density at radius 3 is 2.56 bits per heavy atom. The Labute approximate surface area is 114 Å². The fourth-order valence-electron chi connectivity index (χ4n) is 1.58. The summed E-state index contributed by atoms with van der Waals surface area (Å²) in [6, 6.07) is 1.53. The van der Waals surface area contributed by atoms with Crippen molar-refractivity contribution in [1.82, 2.24) is 4.90 Å². The Hall–Kier alpha value is -1.30. The largest absolute Gasteiger partial charge is 0.480 e. The van der Waals surface area contributed by atoms with E-state index in [1.54, 1.807) is 13.0 Å². The summed E-state index contributed by atoms with van der Waals surface area (Å²) in [7, 11) is 0. The molecular weight excluding hydrogens is 302 g/mol. The van der Waals surface area contributed by atoms with Gasteiger partial charge in [0.05, 0.1) is 0 Å². The van der Waals surface area contributed by atoms with E-state index in [1.807, 2.05) is 13.8 Å². The molecule has 1 N–H and O–H groups in total. The van der Waals surface area contributed by atoms with Gasteiger partial charge in [-0.25, -0.2) is 0 Å². The van der Waals surface area contributed by atoms with Crippen LogP contribution in [0.4, 0.5) is 0 Å². The van der Waals surface area contributed by atoms with Gasteiger partial charge >= 0.3 is 5.97 Å². The molecule has 1 aromatic heterocycles. The zero-order valence-corrected chi connectivity index (χ0v) is 12.2. The highest BCUT2D eigenvalue weighted by Crippen LogP contribution is 2.22. The highest BCUT2D eigenvalue weighted by Gasteiger charge is 2.26. The van der Waals surface area contributed by atoms with Crippen LogP contribution >= 0.6 is 15.9 Å². The van der Waals surface area contributed by atoms with Gasteiger partial charge in [-0.1, -0.05) is 6.92 Å². The first-order chi connectivity index (χ1) is 8.36. The summed E-state index contributed by atoms with van der Waals surface area (Å²) in [6.45, 7) is 5.13. The van der Waals surface area contributed by atoms with Crippen molar-refractivity contribution in [3.05, 3.63) is 22.1 Å². The van der Waals surface area contributed by atoms with Crippen LogP contribution in [0.2, 0.25) is 0 Å². The van der Waals surface area contributed by atoms with Crippen molar-refractivity contribution < 1.29 is 19.1 Å². The second-order valence-corrected chi connectivity index (χ2v) is 4.93. The summed E-state index contributed by atoms with van der Waals surface area (Å²) >= 11 is 3.15. The minimum absolute atomic E-state index is 0.156. The number of carbonyl (C=O) groups is 2. The Kier molecular flexibility index (Phi) is 4.95. The topological polar surface area (TPSA) is 70.8 Å². The van der Waals surface area contributed by atoms with Gasteiger partial charge in [0.2, 0.25) is 0 Å². The molecule has 5 nitrogen and oxygen atoms in total. The minimum Gasteiger partial charge on any atom is -0.480 e. The van der Waals surface area contributed by atoms with E-state index in [-0.39, 0.29) is 18.3 Å². The molecule has 1 aromatic rings. The van der Waals surface area contributed by atoms with Crippen molar-refractivity contribution in [2.24, 2.45) is 0 Å². The maximum absolute atomic E-state index is 12.3. The Balaban J connectivity index is 3.02. The smallest absolute Gasteiger partial charge is 0.323 e. The molecule has 1 heterocycles. The molecule has 0 saturated heterocycles. The van der Waals surface area contributed by atoms with E-state index in [1.165, 1.54) is 4.90 Å². The molecule has 0 radical (unpaired) electrons. The van der Waals surface area contributed by atoms with Gasteiger partial charge in [0.1, 0.15) is 6.54 Å². The summed E-state index contributed by atoms with van der Waals surface area (Å²) < 4.78 is 5.73. The zero-order valence-electron chi connectivity index (χ0n) is 10.6. The predicted molar refractivity (Wildman–Crippen MR) is 69.6 cm³/mol. The maximum Gasteiger partial charge on any atom is 0.323 e. The van der Waals surface area contributed by atoms with E-state index in [0.717, 1.165) is 0 Å². The minimum atomic E-state index is -1.04. The van der Waals surface area contributed by atoms with Crippen LogP contribution in [0.3, 0.4) is 0 Å². The number of carbonyl (C=O) groups excluding carboxylic acids is 1. The van der Waals surface area contributed by atoms with Crippen LogP contribution in [-0.2, 0) is 4.79 Å². The fourth-order valence-corrected chi connectivity index (χ4v) is 2.09. The first-order valence-electron chi connectivity index (χ1n) is 5.65. The number of furan rings is 1. The molecule has 0 aliphatic rings. The SMILES string of the molecule is CCC(C)N(CC(=O)O)C(=O)c1oc(Br)cc1C. The first-order valence-corrected chi connectivity index (χ1v) is 6.44. The van der Waals surface area contributed by atoms with Crippen molar-refractivity contribution in [3.63, 3.8) is 0 Å². The second kappa shape index (κ2) is 6.04. The predicted octanol–water partition coefficient (Wildman–Crippen LogP) is 2.68. The van der Waals surface area contributed by atoms with Crippen molar-refractivity contribution in [3.8, 4) is 0 Å². The van der Waals surface area contributed by atoms with Crippen molar-refractivity contribution >= 4 is 27.8 Å². The lowest BCUT2D eigenvalue weighted by Gasteiger charge is -2.26. The number of carboxylic acids is 1. The lowest BCUT2D eigenvalue weighted by Crippen LogP contribution is -2.41. The molecule has 0 aliphatic carbocycles. The number of aliphatic carboxylic acids is 1. The Bertz CT molecular complexity index is 455. The molecule has 0 spiro atoms. The van der Waals surface area contributed by atoms with Crippen LogP contribution in [0, 0.1) is 6.92 Å². The van der Waals surface area contributed by atoms with Gasteiger partial charge in [0, 0.05) is 11.6 Å². The molecule has 18 heavy (non-hydrogen) atoms. The third-order valence-corrected chi connectivity index (χ3v) is 3.16. The molecule has 1 atom stereocenters. The van der Waals surface area contributed by atoms with Crippen LogP contribution in [0.25, 0.3) is 0 Å². The quantitative estimate of drug-likeness (QED) is 0.906. The van der Waals surface area contributed by atoms with Crippen LogP contribution in [0.5, 0.6) is 0 Å². The van der Waals surface area contributed by atoms with E-state index in [0.29, 0.717) is 16.7 Å². The normalized spacial score (nSPS) is 12.2. The van der Waals surface area contributed by atoms with Crippen molar-refractivity contribution in [2.45, 2.75) is 33.2 Å². The molecule has 100 valence electrons. The number of rotatable bonds is 5. The van der Waals surface area contributed by atoms with Crippen LogP contribution in [0.1, 0.15) is 36.4 Å².